The van der Waals surface area contributed by atoms with Crippen molar-refractivity contribution in [2.75, 3.05) is 12.4 Å². The summed E-state index contributed by atoms with van der Waals surface area (Å²) in [5.74, 6) is 1.70. The van der Waals surface area contributed by atoms with E-state index in [0.29, 0.717) is 50.5 Å². The molecule has 0 saturated heterocycles. The fourth-order valence-electron chi connectivity index (χ4n) is 3.23. The SMILES string of the molecule is COc1cc2c(Nc3ccc(Cl)c(Cl)c3)ncnc2cc1OCc1ccc2nonc2c1. The normalized spacial score (nSPS) is 11.1. The molecule has 2 aromatic heterocycles. The van der Waals surface area contributed by atoms with Crippen LogP contribution in [0.5, 0.6) is 11.5 Å². The maximum absolute atomic E-state index is 6.12. The van der Waals surface area contributed by atoms with Crippen molar-refractivity contribution in [1.29, 1.82) is 0 Å². The highest BCUT2D eigenvalue weighted by Gasteiger charge is 2.13. The highest BCUT2D eigenvalue weighted by atomic mass is 35.5. The van der Waals surface area contributed by atoms with Crippen molar-refractivity contribution < 1.29 is 14.1 Å². The lowest BCUT2D eigenvalue weighted by Gasteiger charge is -2.14. The zero-order chi connectivity index (χ0) is 22.1. The van der Waals surface area contributed by atoms with Gasteiger partial charge in [0.05, 0.1) is 22.7 Å². The van der Waals surface area contributed by atoms with Gasteiger partial charge >= 0.3 is 0 Å². The monoisotopic (exact) mass is 467 g/mol. The van der Waals surface area contributed by atoms with Crippen LogP contribution < -0.4 is 14.8 Å². The van der Waals surface area contributed by atoms with Gasteiger partial charge in [-0.2, -0.15) is 0 Å². The van der Waals surface area contributed by atoms with E-state index in [2.05, 4.69) is 25.6 Å². The molecular formula is C22H15Cl2N5O3. The summed E-state index contributed by atoms with van der Waals surface area (Å²) in [4.78, 5) is 8.74. The Labute approximate surface area is 192 Å². The molecule has 10 heteroatoms. The van der Waals surface area contributed by atoms with E-state index >= 15 is 0 Å². The minimum atomic E-state index is 0.310. The number of halogens is 2. The first-order valence-corrected chi connectivity index (χ1v) is 10.2. The molecule has 0 atom stereocenters. The van der Waals surface area contributed by atoms with Crippen molar-refractivity contribution in [2.24, 2.45) is 0 Å². The molecule has 2 heterocycles. The van der Waals surface area contributed by atoms with Crippen molar-refractivity contribution in [3.8, 4) is 11.5 Å². The van der Waals surface area contributed by atoms with Crippen LogP contribution in [0.3, 0.4) is 0 Å². The summed E-state index contributed by atoms with van der Waals surface area (Å²) in [6, 6.07) is 14.5. The molecule has 0 saturated carbocycles. The van der Waals surface area contributed by atoms with Gasteiger partial charge < -0.3 is 14.8 Å². The van der Waals surface area contributed by atoms with Crippen LogP contribution in [-0.2, 0) is 6.61 Å². The molecule has 0 radical (unpaired) electrons. The molecule has 0 spiro atoms. The van der Waals surface area contributed by atoms with Gasteiger partial charge in [-0.25, -0.2) is 14.6 Å². The van der Waals surface area contributed by atoms with E-state index < -0.39 is 0 Å². The number of anilines is 2. The lowest BCUT2D eigenvalue weighted by molar-refractivity contribution is 0.285. The number of fused-ring (bicyclic) bond motifs is 2. The number of hydrogen-bond acceptors (Lipinski definition) is 8. The molecule has 8 nitrogen and oxygen atoms in total. The van der Waals surface area contributed by atoms with Crippen LogP contribution in [0.25, 0.3) is 21.9 Å². The predicted octanol–water partition coefficient (Wildman–Crippen LogP) is 5.80. The quantitative estimate of drug-likeness (QED) is 0.334. The molecule has 0 aliphatic rings. The lowest BCUT2D eigenvalue weighted by Crippen LogP contribution is -2.00. The van der Waals surface area contributed by atoms with Crippen LogP contribution >= 0.6 is 23.2 Å². The lowest BCUT2D eigenvalue weighted by atomic mass is 10.2. The number of hydrogen-bond donors (Lipinski definition) is 1. The van der Waals surface area contributed by atoms with Crippen molar-refractivity contribution in [3.63, 3.8) is 0 Å². The number of methoxy groups -OCH3 is 1. The summed E-state index contributed by atoms with van der Waals surface area (Å²) in [5.41, 5.74) is 3.71. The summed E-state index contributed by atoms with van der Waals surface area (Å²) in [7, 11) is 1.58. The summed E-state index contributed by atoms with van der Waals surface area (Å²) in [6.07, 6.45) is 1.48. The molecule has 0 aliphatic heterocycles. The van der Waals surface area contributed by atoms with Crippen LogP contribution in [0.4, 0.5) is 11.5 Å². The minimum absolute atomic E-state index is 0.310. The van der Waals surface area contributed by atoms with E-state index in [1.807, 2.05) is 36.4 Å². The van der Waals surface area contributed by atoms with Crippen LogP contribution in [0, 0.1) is 0 Å². The van der Waals surface area contributed by atoms with E-state index in [9.17, 15) is 0 Å². The predicted molar refractivity (Wildman–Crippen MR) is 122 cm³/mol. The fraction of sp³-hybridized carbons (Fsp3) is 0.0909. The smallest absolute Gasteiger partial charge is 0.163 e. The number of nitrogens with one attached hydrogen (secondary N) is 1. The third-order valence-electron chi connectivity index (χ3n) is 4.82. The van der Waals surface area contributed by atoms with Crippen LogP contribution in [0.2, 0.25) is 10.0 Å². The Hall–Kier alpha value is -3.62. The van der Waals surface area contributed by atoms with Crippen LogP contribution in [0.1, 0.15) is 5.56 Å². The number of ether oxygens (including phenoxy) is 2. The van der Waals surface area contributed by atoms with Crippen molar-refractivity contribution in [2.45, 2.75) is 6.61 Å². The van der Waals surface area contributed by atoms with Gasteiger partial charge in [-0.15, -0.1) is 0 Å². The second kappa shape index (κ2) is 8.49. The number of rotatable bonds is 6. The summed E-state index contributed by atoms with van der Waals surface area (Å²) < 4.78 is 16.3. The Kier molecular flexibility index (Phi) is 5.38. The van der Waals surface area contributed by atoms with Crippen molar-refractivity contribution in [1.82, 2.24) is 20.3 Å². The summed E-state index contributed by atoms with van der Waals surface area (Å²) in [5, 5.41) is 12.6. The van der Waals surface area contributed by atoms with Gasteiger partial charge in [0, 0.05) is 17.1 Å². The maximum Gasteiger partial charge on any atom is 0.163 e. The van der Waals surface area contributed by atoms with E-state index in [1.54, 1.807) is 19.2 Å². The highest BCUT2D eigenvalue weighted by Crippen LogP contribution is 2.36. The molecule has 5 rings (SSSR count). The van der Waals surface area contributed by atoms with E-state index in [0.717, 1.165) is 16.6 Å². The number of nitrogens with zero attached hydrogens (tertiary/aromatic N) is 4. The Morgan fingerprint density at radius 2 is 1.75 bits per heavy atom. The second-order valence-electron chi connectivity index (χ2n) is 6.87. The molecule has 1 N–H and O–H groups in total. The Morgan fingerprint density at radius 1 is 0.875 bits per heavy atom. The summed E-state index contributed by atoms with van der Waals surface area (Å²) >= 11 is 12.1. The van der Waals surface area contributed by atoms with Crippen LogP contribution in [-0.4, -0.2) is 27.4 Å². The van der Waals surface area contributed by atoms with E-state index in [-0.39, 0.29) is 0 Å². The molecule has 0 bridgehead atoms. The molecule has 3 aromatic carbocycles. The Balaban J connectivity index is 1.44. The third-order valence-corrected chi connectivity index (χ3v) is 5.55. The van der Waals surface area contributed by atoms with E-state index in [4.69, 9.17) is 37.3 Å². The zero-order valence-electron chi connectivity index (χ0n) is 16.7. The van der Waals surface area contributed by atoms with Gasteiger partial charge in [0.15, 0.2) is 11.5 Å². The molecular weight excluding hydrogens is 453 g/mol. The van der Waals surface area contributed by atoms with Gasteiger partial charge in [-0.1, -0.05) is 29.3 Å². The minimum Gasteiger partial charge on any atom is -0.493 e. The van der Waals surface area contributed by atoms with Gasteiger partial charge in [-0.3, -0.25) is 0 Å². The molecule has 160 valence electrons. The third kappa shape index (κ3) is 3.98. The largest absolute Gasteiger partial charge is 0.493 e. The first-order valence-electron chi connectivity index (χ1n) is 9.49. The van der Waals surface area contributed by atoms with E-state index in [1.165, 1.54) is 6.33 Å². The van der Waals surface area contributed by atoms with Gasteiger partial charge in [0.1, 0.15) is 29.8 Å². The number of benzene rings is 3. The van der Waals surface area contributed by atoms with Crippen molar-refractivity contribution in [3.05, 3.63) is 70.5 Å². The van der Waals surface area contributed by atoms with Gasteiger partial charge in [0.25, 0.3) is 0 Å². The Bertz CT molecular complexity index is 1440. The van der Waals surface area contributed by atoms with Crippen molar-refractivity contribution >= 4 is 56.6 Å². The molecule has 0 amide bonds. The molecule has 0 unspecified atom stereocenters. The second-order valence-corrected chi connectivity index (χ2v) is 7.69. The standard InChI is InChI=1S/C22H15Cl2N5O3/c1-30-20-8-14-18(25-11-26-22(14)27-13-3-4-15(23)16(24)7-13)9-21(20)31-10-12-2-5-17-19(6-12)29-32-28-17/h2-9,11H,10H2,1H3,(H,25,26,27). The first-order chi connectivity index (χ1) is 15.6. The molecule has 32 heavy (non-hydrogen) atoms. The maximum atomic E-state index is 6.12. The highest BCUT2D eigenvalue weighted by molar-refractivity contribution is 6.42. The van der Waals surface area contributed by atoms with Gasteiger partial charge in [0.2, 0.25) is 0 Å². The molecule has 0 aliphatic carbocycles. The molecule has 5 aromatic rings. The van der Waals surface area contributed by atoms with Crippen LogP contribution in [0.15, 0.2) is 59.5 Å². The Morgan fingerprint density at radius 3 is 2.59 bits per heavy atom. The van der Waals surface area contributed by atoms with Gasteiger partial charge in [-0.05, 0) is 52.3 Å². The fourth-order valence-corrected chi connectivity index (χ4v) is 3.52. The first kappa shape index (κ1) is 20.3. The zero-order valence-corrected chi connectivity index (χ0v) is 18.2. The average molecular weight is 468 g/mol. The molecule has 0 fully saturated rings. The topological polar surface area (TPSA) is 95.2 Å². The number of aromatic nitrogens is 4. The summed E-state index contributed by atoms with van der Waals surface area (Å²) in [6.45, 7) is 0.310. The average Bonchev–Trinajstić information content (AvgIpc) is 3.27.